The van der Waals surface area contributed by atoms with E-state index in [9.17, 15) is 0 Å². The van der Waals surface area contributed by atoms with Crippen LogP contribution in [0, 0.1) is 0 Å². The Morgan fingerprint density at radius 3 is 2.97 bits per heavy atom. The van der Waals surface area contributed by atoms with Crippen molar-refractivity contribution in [2.45, 2.75) is 25.9 Å². The van der Waals surface area contributed by atoms with E-state index in [1.54, 1.807) is 6.20 Å². The molecule has 0 bridgehead atoms. The number of hydrogen-bond acceptors (Lipinski definition) is 4. The summed E-state index contributed by atoms with van der Waals surface area (Å²) >= 11 is 0. The summed E-state index contributed by atoms with van der Waals surface area (Å²) in [5.41, 5.74) is 12.1. The van der Waals surface area contributed by atoms with Gasteiger partial charge in [-0.2, -0.15) is 5.10 Å². The van der Waals surface area contributed by atoms with Gasteiger partial charge in [0.2, 0.25) is 0 Å². The topological polar surface area (TPSA) is 94.4 Å². The molecule has 0 amide bonds. The van der Waals surface area contributed by atoms with Crippen molar-refractivity contribution in [2.75, 3.05) is 24.2 Å². The van der Waals surface area contributed by atoms with Crippen LogP contribution in [0.5, 0.6) is 0 Å². The molecule has 150 valence electrons. The van der Waals surface area contributed by atoms with Crippen LogP contribution in [0.4, 0.5) is 11.4 Å². The number of benzene rings is 2. The molecule has 7 heteroatoms. The van der Waals surface area contributed by atoms with Crippen LogP contribution in [0.25, 0.3) is 10.9 Å². The zero-order chi connectivity index (χ0) is 20.2. The number of aliphatic imine (C=N–C) groups is 1. The van der Waals surface area contributed by atoms with Crippen LogP contribution in [0.2, 0.25) is 0 Å². The Morgan fingerprint density at radius 1 is 1.24 bits per heavy atom. The SMILES string of the molecule is CNc1ccc2c(c1)CCN(C(N)=N/C=C\C(C)Nc1ccc3[nH]ncc3c1)C2. The Balaban J connectivity index is 1.35. The lowest BCUT2D eigenvalue weighted by Crippen LogP contribution is -2.40. The molecule has 1 aromatic heterocycles. The molecule has 1 aliphatic heterocycles. The maximum Gasteiger partial charge on any atom is 0.196 e. The highest BCUT2D eigenvalue weighted by molar-refractivity contribution is 5.82. The van der Waals surface area contributed by atoms with Gasteiger partial charge in [0.15, 0.2) is 5.96 Å². The fourth-order valence-electron chi connectivity index (χ4n) is 3.58. The summed E-state index contributed by atoms with van der Waals surface area (Å²) in [4.78, 5) is 6.57. The van der Waals surface area contributed by atoms with Crippen molar-refractivity contribution in [3.63, 3.8) is 0 Å². The molecular weight excluding hydrogens is 362 g/mol. The molecule has 0 spiro atoms. The van der Waals surface area contributed by atoms with Gasteiger partial charge in [-0.15, -0.1) is 0 Å². The molecule has 1 atom stereocenters. The van der Waals surface area contributed by atoms with Crippen LogP contribution in [0.15, 0.2) is 59.9 Å². The van der Waals surface area contributed by atoms with Crippen LogP contribution in [0.1, 0.15) is 18.1 Å². The van der Waals surface area contributed by atoms with E-state index in [0.29, 0.717) is 5.96 Å². The molecular formula is C22H27N7. The molecule has 0 radical (unpaired) electrons. The van der Waals surface area contributed by atoms with Gasteiger partial charge in [-0.25, -0.2) is 4.99 Å². The third-order valence-electron chi connectivity index (χ3n) is 5.25. The lowest BCUT2D eigenvalue weighted by Gasteiger charge is -2.29. The number of nitrogens with zero attached hydrogens (tertiary/aromatic N) is 3. The zero-order valence-electron chi connectivity index (χ0n) is 16.8. The molecule has 0 fully saturated rings. The lowest BCUT2D eigenvalue weighted by molar-refractivity contribution is 0.389. The predicted molar refractivity (Wildman–Crippen MR) is 120 cm³/mol. The highest BCUT2D eigenvalue weighted by Crippen LogP contribution is 2.22. The van der Waals surface area contributed by atoms with Gasteiger partial charge in [-0.05, 0) is 60.9 Å². The van der Waals surface area contributed by atoms with Crippen LogP contribution in [0.3, 0.4) is 0 Å². The second kappa shape index (κ2) is 8.26. The summed E-state index contributed by atoms with van der Waals surface area (Å²) < 4.78 is 0. The molecule has 0 aliphatic carbocycles. The third-order valence-corrected chi connectivity index (χ3v) is 5.25. The molecule has 7 nitrogen and oxygen atoms in total. The van der Waals surface area contributed by atoms with Crippen molar-refractivity contribution in [3.8, 4) is 0 Å². The summed E-state index contributed by atoms with van der Waals surface area (Å²) in [5.74, 6) is 0.552. The average molecular weight is 390 g/mol. The summed E-state index contributed by atoms with van der Waals surface area (Å²) in [7, 11) is 1.94. The van der Waals surface area contributed by atoms with Gasteiger partial charge in [-0.3, -0.25) is 5.10 Å². The molecule has 2 heterocycles. The molecule has 5 N–H and O–H groups in total. The minimum Gasteiger partial charge on any atom is -0.388 e. The van der Waals surface area contributed by atoms with Crippen molar-refractivity contribution in [1.29, 1.82) is 0 Å². The van der Waals surface area contributed by atoms with Gasteiger partial charge in [0, 0.05) is 49.1 Å². The summed E-state index contributed by atoms with van der Waals surface area (Å²) in [5, 5.41) is 14.7. The number of nitrogens with two attached hydrogens (primary N) is 1. The van der Waals surface area contributed by atoms with Crippen LogP contribution in [-0.2, 0) is 13.0 Å². The third kappa shape index (κ3) is 4.34. The van der Waals surface area contributed by atoms with E-state index in [4.69, 9.17) is 5.73 Å². The van der Waals surface area contributed by atoms with Crippen molar-refractivity contribution in [1.82, 2.24) is 15.1 Å². The average Bonchev–Trinajstić information content (AvgIpc) is 3.20. The summed E-state index contributed by atoms with van der Waals surface area (Å²) in [6.45, 7) is 3.75. The second-order valence-corrected chi connectivity index (χ2v) is 7.34. The maximum absolute atomic E-state index is 6.23. The van der Waals surface area contributed by atoms with E-state index in [1.165, 1.54) is 11.1 Å². The zero-order valence-corrected chi connectivity index (χ0v) is 16.8. The first-order valence-corrected chi connectivity index (χ1v) is 9.86. The fourth-order valence-corrected chi connectivity index (χ4v) is 3.58. The number of fused-ring (bicyclic) bond motifs is 2. The molecule has 29 heavy (non-hydrogen) atoms. The summed E-state index contributed by atoms with van der Waals surface area (Å²) in [6.07, 6.45) is 6.58. The molecule has 3 aromatic rings. The van der Waals surface area contributed by atoms with Gasteiger partial charge >= 0.3 is 0 Å². The van der Waals surface area contributed by atoms with E-state index < -0.39 is 0 Å². The molecule has 0 saturated carbocycles. The number of H-pyrrole nitrogens is 1. The number of guanidine groups is 1. The van der Waals surface area contributed by atoms with Gasteiger partial charge in [-0.1, -0.05) is 6.07 Å². The number of rotatable bonds is 5. The minimum atomic E-state index is 0.123. The Labute approximate surface area is 170 Å². The molecule has 2 aromatic carbocycles. The van der Waals surface area contributed by atoms with Gasteiger partial charge in [0.05, 0.1) is 11.7 Å². The number of nitrogens with one attached hydrogen (secondary N) is 3. The van der Waals surface area contributed by atoms with Crippen LogP contribution in [-0.4, -0.2) is 40.7 Å². The van der Waals surface area contributed by atoms with E-state index in [1.807, 2.05) is 31.5 Å². The van der Waals surface area contributed by atoms with Crippen molar-refractivity contribution in [3.05, 3.63) is 66.0 Å². The first-order chi connectivity index (χ1) is 14.1. The highest BCUT2D eigenvalue weighted by Gasteiger charge is 2.17. The smallest absolute Gasteiger partial charge is 0.196 e. The first-order valence-electron chi connectivity index (χ1n) is 9.86. The summed E-state index contributed by atoms with van der Waals surface area (Å²) in [6, 6.07) is 12.7. The van der Waals surface area contributed by atoms with E-state index >= 15 is 0 Å². The predicted octanol–water partition coefficient (Wildman–Crippen LogP) is 3.29. The van der Waals surface area contributed by atoms with Crippen molar-refractivity contribution >= 4 is 28.2 Å². The molecule has 1 unspecified atom stereocenters. The Kier molecular flexibility index (Phi) is 5.37. The van der Waals surface area contributed by atoms with Crippen LogP contribution >= 0.6 is 0 Å². The van der Waals surface area contributed by atoms with Gasteiger partial charge in [0.1, 0.15) is 0 Å². The minimum absolute atomic E-state index is 0.123. The number of hydrogen-bond donors (Lipinski definition) is 4. The maximum atomic E-state index is 6.23. The van der Waals surface area contributed by atoms with Crippen molar-refractivity contribution in [2.24, 2.45) is 10.7 Å². The molecule has 4 rings (SSSR count). The van der Waals surface area contributed by atoms with Crippen LogP contribution < -0.4 is 16.4 Å². The quantitative estimate of drug-likeness (QED) is 0.397. The number of aromatic nitrogens is 2. The normalized spacial score (nSPS) is 15.5. The molecule has 0 saturated heterocycles. The Morgan fingerprint density at radius 2 is 2.10 bits per heavy atom. The second-order valence-electron chi connectivity index (χ2n) is 7.34. The Bertz CT molecular complexity index is 1050. The van der Waals surface area contributed by atoms with Crippen molar-refractivity contribution < 1.29 is 0 Å². The van der Waals surface area contributed by atoms with Gasteiger partial charge in [0.25, 0.3) is 0 Å². The fraction of sp³-hybridized carbons (Fsp3) is 0.273. The monoisotopic (exact) mass is 389 g/mol. The number of aromatic amines is 1. The highest BCUT2D eigenvalue weighted by atomic mass is 15.2. The Hall–Kier alpha value is -3.48. The molecule has 1 aliphatic rings. The van der Waals surface area contributed by atoms with E-state index in [2.05, 4.69) is 61.9 Å². The van der Waals surface area contributed by atoms with Gasteiger partial charge < -0.3 is 21.3 Å². The lowest BCUT2D eigenvalue weighted by atomic mass is 9.99. The van der Waals surface area contributed by atoms with E-state index in [0.717, 1.165) is 41.8 Å². The first kappa shape index (κ1) is 18.9. The largest absolute Gasteiger partial charge is 0.388 e. The number of anilines is 2. The standard InChI is InChI=1S/C22H27N7/c1-15(27-20-5-6-21-18(12-20)13-26-28-21)7-9-25-22(23)29-10-8-16-11-19(24-2)4-3-17(16)14-29/h3-7,9,11-13,15,24,27H,8,10,14H2,1-2H3,(H2,23,25)(H,26,28)/b9-7-. The van der Waals surface area contributed by atoms with E-state index in [-0.39, 0.29) is 6.04 Å².